The van der Waals surface area contributed by atoms with Crippen molar-refractivity contribution in [2.75, 3.05) is 16.4 Å². The maximum atomic E-state index is 12.7. The van der Waals surface area contributed by atoms with Crippen molar-refractivity contribution in [1.82, 2.24) is 10.2 Å². The molecule has 1 heterocycles. The number of amides is 2. The number of nitrogens with one attached hydrogen (secondary N) is 2. The van der Waals surface area contributed by atoms with Crippen LogP contribution in [0.2, 0.25) is 0 Å². The highest BCUT2D eigenvalue weighted by Crippen LogP contribution is 2.30. The van der Waals surface area contributed by atoms with Gasteiger partial charge >= 0.3 is 6.18 Å². The minimum Gasteiger partial charge on any atom is -0.325 e. The number of nitrogens with zero attached hydrogens (tertiary/aromatic N) is 2. The number of aromatic nitrogens is 2. The van der Waals surface area contributed by atoms with Gasteiger partial charge in [0.2, 0.25) is 11.8 Å². The van der Waals surface area contributed by atoms with Crippen LogP contribution in [0.15, 0.2) is 41.4 Å². The first-order chi connectivity index (χ1) is 12.6. The molecule has 0 bridgehead atoms. The van der Waals surface area contributed by atoms with Crippen molar-refractivity contribution < 1.29 is 22.8 Å². The Kier molecular flexibility index (Phi) is 6.78. The third-order valence-corrected chi connectivity index (χ3v) is 4.16. The fourth-order valence-electron chi connectivity index (χ4n) is 1.84. The zero-order chi connectivity index (χ0) is 20.0. The summed E-state index contributed by atoms with van der Waals surface area (Å²) in [6.07, 6.45) is -4.47. The number of carbonyl (C=O) groups excluding carboxylic acids is 2. The molecule has 1 aromatic heterocycles. The summed E-state index contributed by atoms with van der Waals surface area (Å²) >= 11 is 1.07. The van der Waals surface area contributed by atoms with Gasteiger partial charge in [0.1, 0.15) is 5.03 Å². The number of rotatable bonds is 6. The highest BCUT2D eigenvalue weighted by Gasteiger charge is 2.30. The zero-order valence-corrected chi connectivity index (χ0v) is 15.3. The van der Waals surface area contributed by atoms with Crippen molar-refractivity contribution in [2.45, 2.75) is 25.0 Å². The van der Waals surface area contributed by atoms with Crippen molar-refractivity contribution in [3.8, 4) is 0 Å². The largest absolute Gasteiger partial charge is 0.416 e. The van der Waals surface area contributed by atoms with E-state index >= 15 is 0 Å². The van der Waals surface area contributed by atoms with E-state index in [1.807, 2.05) is 0 Å². The maximum Gasteiger partial charge on any atom is 0.416 e. The predicted octanol–water partition coefficient (Wildman–Crippen LogP) is 3.82. The number of thioether (sulfide) groups is 1. The summed E-state index contributed by atoms with van der Waals surface area (Å²) in [5.41, 5.74) is -0.772. The monoisotopic (exact) mass is 398 g/mol. The van der Waals surface area contributed by atoms with Crippen LogP contribution in [-0.4, -0.2) is 27.8 Å². The molecule has 144 valence electrons. The molecule has 0 fully saturated rings. The fraction of sp³-hybridized carbons (Fsp3) is 0.294. The Hall–Kier alpha value is -2.62. The normalized spacial score (nSPS) is 11.3. The number of hydrogen-bond acceptors (Lipinski definition) is 5. The summed E-state index contributed by atoms with van der Waals surface area (Å²) in [4.78, 5) is 23.5. The second-order valence-electron chi connectivity index (χ2n) is 5.82. The van der Waals surface area contributed by atoms with Gasteiger partial charge in [0, 0.05) is 11.6 Å². The third kappa shape index (κ3) is 6.55. The number of alkyl halides is 3. The van der Waals surface area contributed by atoms with Gasteiger partial charge in [-0.25, -0.2) is 0 Å². The molecule has 6 nitrogen and oxygen atoms in total. The zero-order valence-electron chi connectivity index (χ0n) is 14.5. The second kappa shape index (κ2) is 8.85. The molecule has 0 atom stereocenters. The number of halogens is 3. The van der Waals surface area contributed by atoms with E-state index in [0.717, 1.165) is 23.9 Å². The summed E-state index contributed by atoms with van der Waals surface area (Å²) in [5.74, 6) is -0.613. The minimum atomic E-state index is -4.47. The van der Waals surface area contributed by atoms with Crippen molar-refractivity contribution in [3.63, 3.8) is 0 Å². The molecule has 0 aliphatic heterocycles. The number of hydrogen-bond donors (Lipinski definition) is 2. The lowest BCUT2D eigenvalue weighted by molar-refractivity contribution is -0.137. The number of carbonyl (C=O) groups is 2. The Morgan fingerprint density at radius 1 is 1.11 bits per heavy atom. The van der Waals surface area contributed by atoms with Crippen molar-refractivity contribution in [1.29, 1.82) is 0 Å². The fourth-order valence-corrected chi connectivity index (χ4v) is 2.46. The van der Waals surface area contributed by atoms with E-state index in [-0.39, 0.29) is 23.3 Å². The molecule has 0 saturated heterocycles. The molecule has 27 heavy (non-hydrogen) atoms. The minimum absolute atomic E-state index is 0.0530. The van der Waals surface area contributed by atoms with Crippen LogP contribution in [0.3, 0.4) is 0 Å². The van der Waals surface area contributed by atoms with E-state index in [2.05, 4.69) is 20.8 Å². The van der Waals surface area contributed by atoms with Crippen LogP contribution in [0.5, 0.6) is 0 Å². The molecule has 0 aliphatic rings. The van der Waals surface area contributed by atoms with Gasteiger partial charge in [-0.1, -0.05) is 31.7 Å². The molecule has 10 heteroatoms. The van der Waals surface area contributed by atoms with Crippen LogP contribution >= 0.6 is 11.8 Å². The Morgan fingerprint density at radius 3 is 2.44 bits per heavy atom. The van der Waals surface area contributed by atoms with Gasteiger partial charge < -0.3 is 10.6 Å². The summed E-state index contributed by atoms with van der Waals surface area (Å²) in [5, 5.41) is 13.2. The predicted molar refractivity (Wildman–Crippen MR) is 96.3 cm³/mol. The van der Waals surface area contributed by atoms with Crippen molar-refractivity contribution in [3.05, 3.63) is 42.0 Å². The SMILES string of the molecule is CC(C)C(=O)Nc1ccc(SCC(=O)Nc2cccc(C(F)(F)F)c2)nn1. The van der Waals surface area contributed by atoms with Crippen LogP contribution in [0.4, 0.5) is 24.7 Å². The van der Waals surface area contributed by atoms with E-state index in [9.17, 15) is 22.8 Å². The molecular weight excluding hydrogens is 381 g/mol. The van der Waals surface area contributed by atoms with E-state index in [4.69, 9.17) is 0 Å². The number of anilines is 2. The molecule has 0 aliphatic carbocycles. The van der Waals surface area contributed by atoms with Gasteiger partial charge in [-0.3, -0.25) is 9.59 Å². The Morgan fingerprint density at radius 2 is 1.85 bits per heavy atom. The molecule has 0 radical (unpaired) electrons. The van der Waals surface area contributed by atoms with Crippen LogP contribution in [0.25, 0.3) is 0 Å². The lowest BCUT2D eigenvalue weighted by atomic mass is 10.2. The first-order valence-electron chi connectivity index (χ1n) is 7.89. The Bertz CT molecular complexity index is 811. The van der Waals surface area contributed by atoms with E-state index in [1.54, 1.807) is 26.0 Å². The average molecular weight is 398 g/mol. The van der Waals surface area contributed by atoms with E-state index in [1.165, 1.54) is 12.1 Å². The molecule has 2 aromatic rings. The summed E-state index contributed by atoms with van der Waals surface area (Å²) in [7, 11) is 0. The van der Waals surface area contributed by atoms with Crippen molar-refractivity contribution >= 4 is 35.1 Å². The molecule has 0 spiro atoms. The molecule has 2 amide bonds. The van der Waals surface area contributed by atoms with Crippen LogP contribution in [0, 0.1) is 5.92 Å². The van der Waals surface area contributed by atoms with E-state index < -0.39 is 17.6 Å². The van der Waals surface area contributed by atoms with Gasteiger partial charge in [0.05, 0.1) is 11.3 Å². The van der Waals surface area contributed by atoms with E-state index in [0.29, 0.717) is 10.8 Å². The molecule has 0 saturated carbocycles. The molecule has 0 unspecified atom stereocenters. The van der Waals surface area contributed by atoms with Crippen molar-refractivity contribution in [2.24, 2.45) is 5.92 Å². The number of benzene rings is 1. The first kappa shape index (κ1) is 20.7. The maximum absolute atomic E-state index is 12.7. The average Bonchev–Trinajstić information content (AvgIpc) is 2.60. The second-order valence-corrected chi connectivity index (χ2v) is 6.81. The molecular formula is C17H17F3N4O2S. The molecule has 2 N–H and O–H groups in total. The highest BCUT2D eigenvalue weighted by molar-refractivity contribution is 7.99. The van der Waals surface area contributed by atoms with Crippen LogP contribution in [-0.2, 0) is 15.8 Å². The van der Waals surface area contributed by atoms with Gasteiger partial charge in [0.25, 0.3) is 0 Å². The smallest absolute Gasteiger partial charge is 0.325 e. The quantitative estimate of drug-likeness (QED) is 0.723. The standard InChI is InChI=1S/C17H17F3N4O2S/c1-10(2)16(26)22-13-6-7-15(24-23-13)27-9-14(25)21-12-5-3-4-11(8-12)17(18,19)20/h3-8,10H,9H2,1-2H3,(H,21,25)(H,22,23,26). The third-order valence-electron chi connectivity index (χ3n) is 3.24. The summed E-state index contributed by atoms with van der Waals surface area (Å²) < 4.78 is 38.0. The lowest BCUT2D eigenvalue weighted by Gasteiger charge is -2.10. The summed E-state index contributed by atoms with van der Waals surface area (Å²) in [6.45, 7) is 3.49. The Labute approximate surface area is 157 Å². The topological polar surface area (TPSA) is 84.0 Å². The van der Waals surface area contributed by atoms with Crippen LogP contribution in [0.1, 0.15) is 19.4 Å². The highest BCUT2D eigenvalue weighted by atomic mass is 32.2. The summed E-state index contributed by atoms with van der Waals surface area (Å²) in [6, 6.07) is 7.55. The van der Waals surface area contributed by atoms with Crippen LogP contribution < -0.4 is 10.6 Å². The lowest BCUT2D eigenvalue weighted by Crippen LogP contribution is -2.18. The molecule has 1 aromatic carbocycles. The van der Waals surface area contributed by atoms with Gasteiger partial charge in [0.15, 0.2) is 5.82 Å². The van der Waals surface area contributed by atoms with Gasteiger partial charge in [-0.2, -0.15) is 13.2 Å². The first-order valence-corrected chi connectivity index (χ1v) is 8.88. The Balaban J connectivity index is 1.88. The van der Waals surface area contributed by atoms with Gasteiger partial charge in [-0.15, -0.1) is 10.2 Å². The van der Waals surface area contributed by atoms with Gasteiger partial charge in [-0.05, 0) is 30.3 Å². The molecule has 2 rings (SSSR count).